The lowest BCUT2D eigenvalue weighted by Gasteiger charge is -2.30. The van der Waals surface area contributed by atoms with Gasteiger partial charge in [0.1, 0.15) is 5.54 Å². The Morgan fingerprint density at radius 3 is 2.26 bits per heavy atom. The van der Waals surface area contributed by atoms with Crippen molar-refractivity contribution in [1.29, 1.82) is 0 Å². The van der Waals surface area contributed by atoms with Gasteiger partial charge in [0.2, 0.25) is 11.8 Å². The number of nitrogens with zero attached hydrogens (tertiary/aromatic N) is 2. The zero-order chi connectivity index (χ0) is 24.9. The molecule has 2 heterocycles. The van der Waals surface area contributed by atoms with Crippen molar-refractivity contribution in [2.75, 3.05) is 23.9 Å². The van der Waals surface area contributed by atoms with Gasteiger partial charge in [0.15, 0.2) is 0 Å². The van der Waals surface area contributed by atoms with E-state index in [1.54, 1.807) is 31.2 Å². The maximum atomic E-state index is 13.6. The number of imide groups is 1. The van der Waals surface area contributed by atoms with E-state index in [1.165, 1.54) is 6.07 Å². The van der Waals surface area contributed by atoms with Crippen LogP contribution in [0.4, 0.5) is 11.4 Å². The second kappa shape index (κ2) is 8.41. The maximum absolute atomic E-state index is 13.6. The summed E-state index contributed by atoms with van der Waals surface area (Å²) in [7, 11) is 3.73. The maximum Gasteiger partial charge on any atom is 0.325 e. The third kappa shape index (κ3) is 3.61. The molecule has 0 aromatic heterocycles. The van der Waals surface area contributed by atoms with Crippen LogP contribution in [0.3, 0.4) is 0 Å². The number of benzene rings is 2. The van der Waals surface area contributed by atoms with Crippen LogP contribution in [0.25, 0.3) is 0 Å². The van der Waals surface area contributed by atoms with E-state index in [1.807, 2.05) is 31.1 Å². The molecule has 4 unspecified atom stereocenters. The Hall–Kier alpha value is -3.43. The summed E-state index contributed by atoms with van der Waals surface area (Å²) in [6.45, 7) is 1.77. The summed E-state index contributed by atoms with van der Waals surface area (Å²) >= 11 is 6.21. The van der Waals surface area contributed by atoms with E-state index in [9.17, 15) is 29.4 Å². The van der Waals surface area contributed by atoms with Crippen molar-refractivity contribution < 1.29 is 29.4 Å². The van der Waals surface area contributed by atoms with Crippen LogP contribution in [0.2, 0.25) is 5.02 Å². The van der Waals surface area contributed by atoms with Crippen LogP contribution < -0.4 is 15.1 Å². The summed E-state index contributed by atoms with van der Waals surface area (Å²) in [5.41, 5.74) is 0.279. The highest BCUT2D eigenvalue weighted by Gasteiger charge is 2.69. The minimum atomic E-state index is -2.16. The molecule has 2 aliphatic rings. The summed E-state index contributed by atoms with van der Waals surface area (Å²) in [6.07, 6.45) is -0.864. The Morgan fingerprint density at radius 1 is 1.09 bits per heavy atom. The largest absolute Gasteiger partial charge is 0.481 e. The molecule has 2 amide bonds. The molecule has 0 saturated carbocycles. The van der Waals surface area contributed by atoms with E-state index >= 15 is 0 Å². The third-order valence-electron chi connectivity index (χ3n) is 6.65. The Bertz CT molecular complexity index is 1200. The van der Waals surface area contributed by atoms with Crippen LogP contribution in [-0.4, -0.2) is 53.6 Å². The SMILES string of the molecule is Cc1ccc(N2C(=O)C3C(c4ccc(N(C)C)cc4)NC(CC(=O)O)(C(=O)O)C3C2=O)cc1Cl. The van der Waals surface area contributed by atoms with Crippen molar-refractivity contribution in [3.63, 3.8) is 0 Å². The van der Waals surface area contributed by atoms with Crippen LogP contribution in [-0.2, 0) is 19.2 Å². The predicted octanol–water partition coefficient (Wildman–Crippen LogP) is 2.46. The first-order chi connectivity index (χ1) is 16.0. The van der Waals surface area contributed by atoms with Gasteiger partial charge in [-0.15, -0.1) is 0 Å². The van der Waals surface area contributed by atoms with Crippen molar-refractivity contribution in [2.45, 2.75) is 24.9 Å². The van der Waals surface area contributed by atoms with Gasteiger partial charge >= 0.3 is 11.9 Å². The van der Waals surface area contributed by atoms with Gasteiger partial charge < -0.3 is 15.1 Å². The van der Waals surface area contributed by atoms with Crippen LogP contribution in [0, 0.1) is 18.8 Å². The molecule has 4 rings (SSSR count). The molecular formula is C24H24ClN3O6. The van der Waals surface area contributed by atoms with Crippen LogP contribution in [0.5, 0.6) is 0 Å². The molecular weight excluding hydrogens is 462 g/mol. The molecule has 9 nitrogen and oxygen atoms in total. The van der Waals surface area contributed by atoms with Gasteiger partial charge in [-0.2, -0.15) is 0 Å². The molecule has 2 aliphatic heterocycles. The number of fused-ring (bicyclic) bond motifs is 1. The van der Waals surface area contributed by atoms with E-state index < -0.39 is 53.6 Å². The molecule has 4 atom stereocenters. The van der Waals surface area contributed by atoms with E-state index in [0.29, 0.717) is 10.6 Å². The minimum absolute atomic E-state index is 0.219. The number of hydrogen-bond acceptors (Lipinski definition) is 6. The number of amides is 2. The number of rotatable bonds is 6. The van der Waals surface area contributed by atoms with Gasteiger partial charge in [-0.25, -0.2) is 4.90 Å². The summed E-state index contributed by atoms with van der Waals surface area (Å²) in [6, 6.07) is 10.9. The molecule has 2 aromatic carbocycles. The van der Waals surface area contributed by atoms with E-state index in [2.05, 4.69) is 5.32 Å². The standard InChI is InChI=1S/C24H24ClN3O6/c1-12-4-7-15(10-16(12)25)28-21(31)18-19(22(28)32)24(23(33)34,11-17(29)30)26-20(18)13-5-8-14(9-6-13)27(2)3/h4-10,18-20,26H,11H2,1-3H3,(H,29,30)(H,33,34). The summed E-state index contributed by atoms with van der Waals surface area (Å²) < 4.78 is 0. The van der Waals surface area contributed by atoms with Crippen molar-refractivity contribution in [2.24, 2.45) is 11.8 Å². The minimum Gasteiger partial charge on any atom is -0.481 e. The molecule has 0 aliphatic carbocycles. The Labute approximate surface area is 200 Å². The highest BCUT2D eigenvalue weighted by molar-refractivity contribution is 6.32. The van der Waals surface area contributed by atoms with Crippen LogP contribution in [0.15, 0.2) is 42.5 Å². The van der Waals surface area contributed by atoms with Crippen molar-refractivity contribution in [1.82, 2.24) is 5.32 Å². The number of anilines is 2. The van der Waals surface area contributed by atoms with E-state index in [-0.39, 0.29) is 5.69 Å². The van der Waals surface area contributed by atoms with Crippen molar-refractivity contribution >= 4 is 46.7 Å². The quantitative estimate of drug-likeness (QED) is 0.532. The number of carbonyl (C=O) groups is 4. The Morgan fingerprint density at radius 2 is 1.74 bits per heavy atom. The fraction of sp³-hybridized carbons (Fsp3) is 0.333. The highest BCUT2D eigenvalue weighted by Crippen LogP contribution is 2.51. The monoisotopic (exact) mass is 485 g/mol. The number of halogens is 1. The molecule has 0 radical (unpaired) electrons. The first kappa shape index (κ1) is 23.7. The number of aryl methyl sites for hydroxylation is 1. The average Bonchev–Trinajstić information content (AvgIpc) is 3.24. The smallest absolute Gasteiger partial charge is 0.325 e. The van der Waals surface area contributed by atoms with Gasteiger partial charge in [0, 0.05) is 30.8 Å². The topological polar surface area (TPSA) is 127 Å². The second-order valence-corrected chi connectivity index (χ2v) is 9.31. The number of carbonyl (C=O) groups excluding carboxylic acids is 2. The molecule has 178 valence electrons. The number of nitrogens with one attached hydrogen (secondary N) is 1. The molecule has 2 aromatic rings. The lowest BCUT2D eigenvalue weighted by atomic mass is 9.77. The summed E-state index contributed by atoms with van der Waals surface area (Å²) in [4.78, 5) is 54.2. The summed E-state index contributed by atoms with van der Waals surface area (Å²) in [5.74, 6) is -6.77. The van der Waals surface area contributed by atoms with Gasteiger partial charge in [0.05, 0.1) is 23.9 Å². The highest BCUT2D eigenvalue weighted by atomic mass is 35.5. The van der Waals surface area contributed by atoms with E-state index in [4.69, 9.17) is 11.6 Å². The van der Waals surface area contributed by atoms with E-state index in [0.717, 1.165) is 16.2 Å². The average molecular weight is 486 g/mol. The third-order valence-corrected chi connectivity index (χ3v) is 7.06. The first-order valence-corrected chi connectivity index (χ1v) is 11.0. The molecule has 0 spiro atoms. The van der Waals surface area contributed by atoms with Crippen LogP contribution >= 0.6 is 11.6 Å². The zero-order valence-corrected chi connectivity index (χ0v) is 19.5. The molecule has 2 saturated heterocycles. The molecule has 34 heavy (non-hydrogen) atoms. The number of carboxylic acid groups (broad SMARTS) is 2. The Kier molecular flexibility index (Phi) is 5.87. The molecule has 2 fully saturated rings. The lowest BCUT2D eigenvalue weighted by molar-refractivity contribution is -0.154. The van der Waals surface area contributed by atoms with Gasteiger partial charge in [-0.3, -0.25) is 24.5 Å². The number of hydrogen-bond donors (Lipinski definition) is 3. The van der Waals surface area contributed by atoms with Gasteiger partial charge in [-0.1, -0.05) is 29.8 Å². The molecule has 10 heteroatoms. The van der Waals surface area contributed by atoms with Crippen molar-refractivity contribution in [3.05, 3.63) is 58.6 Å². The number of carboxylic acids is 2. The van der Waals surface area contributed by atoms with Crippen LogP contribution in [0.1, 0.15) is 23.6 Å². The first-order valence-electron chi connectivity index (χ1n) is 10.6. The fourth-order valence-corrected chi connectivity index (χ4v) is 5.09. The molecule has 3 N–H and O–H groups in total. The zero-order valence-electron chi connectivity index (χ0n) is 18.8. The fourth-order valence-electron chi connectivity index (χ4n) is 4.92. The predicted molar refractivity (Wildman–Crippen MR) is 125 cm³/mol. The Balaban J connectivity index is 1.85. The van der Waals surface area contributed by atoms with Crippen molar-refractivity contribution in [3.8, 4) is 0 Å². The van der Waals surface area contributed by atoms with Gasteiger partial charge in [0.25, 0.3) is 0 Å². The number of aliphatic carboxylic acids is 2. The van der Waals surface area contributed by atoms with Gasteiger partial charge in [-0.05, 0) is 42.3 Å². The normalized spacial score (nSPS) is 26.0. The lowest BCUT2D eigenvalue weighted by Crippen LogP contribution is -2.57. The molecule has 0 bridgehead atoms. The second-order valence-electron chi connectivity index (χ2n) is 8.90. The summed E-state index contributed by atoms with van der Waals surface area (Å²) in [5, 5.41) is 22.9.